The molecule has 1 aromatic carbocycles. The van der Waals surface area contributed by atoms with Crippen molar-refractivity contribution in [2.24, 2.45) is 4.99 Å². The maximum Gasteiger partial charge on any atom is 0.246 e. The predicted molar refractivity (Wildman–Crippen MR) is 122 cm³/mol. The molecule has 0 saturated carbocycles. The summed E-state index contributed by atoms with van der Waals surface area (Å²) in [5, 5.41) is 9.16. The van der Waals surface area contributed by atoms with Gasteiger partial charge in [-0.25, -0.2) is 9.38 Å². The van der Waals surface area contributed by atoms with Crippen LogP contribution in [0.1, 0.15) is 23.6 Å². The van der Waals surface area contributed by atoms with Crippen LogP contribution in [0.4, 0.5) is 10.1 Å². The summed E-state index contributed by atoms with van der Waals surface area (Å²) in [6.45, 7) is 6.84. The molecule has 1 atom stereocenters. The van der Waals surface area contributed by atoms with Crippen molar-refractivity contribution in [3.8, 4) is 0 Å². The van der Waals surface area contributed by atoms with Crippen molar-refractivity contribution >= 4 is 52.9 Å². The van der Waals surface area contributed by atoms with Crippen LogP contribution in [0.2, 0.25) is 0 Å². The average Bonchev–Trinajstić information content (AvgIpc) is 2.99. The van der Waals surface area contributed by atoms with E-state index in [9.17, 15) is 9.18 Å². The normalized spacial score (nSPS) is 12.1. The zero-order valence-corrected chi connectivity index (χ0v) is 18.9. The maximum absolute atomic E-state index is 12.9. The molecule has 1 unspecified atom stereocenters. The molecule has 0 fully saturated rings. The van der Waals surface area contributed by atoms with Crippen LogP contribution in [0.5, 0.6) is 0 Å². The first-order chi connectivity index (χ1) is 12.5. The zero-order valence-electron chi connectivity index (χ0n) is 15.7. The Balaban J connectivity index is 0.00000364. The first kappa shape index (κ1) is 23.4. The van der Waals surface area contributed by atoms with E-state index in [1.54, 1.807) is 11.3 Å². The molecular weight excluding hydrogens is 478 g/mol. The number of guanidine groups is 1. The maximum atomic E-state index is 12.9. The molecule has 148 valence electrons. The molecule has 5 nitrogen and oxygen atoms in total. The number of hydrogen-bond acceptors (Lipinski definition) is 3. The molecule has 0 spiro atoms. The number of anilines is 1. The largest absolute Gasteiger partial charge is 0.357 e. The molecule has 1 heterocycles. The molecule has 0 aliphatic heterocycles. The minimum atomic E-state index is -0.338. The fraction of sp³-hybridized carbons (Fsp3) is 0.368. The van der Waals surface area contributed by atoms with Gasteiger partial charge in [-0.3, -0.25) is 4.79 Å². The van der Waals surface area contributed by atoms with Crippen molar-refractivity contribution in [1.82, 2.24) is 10.6 Å². The summed E-state index contributed by atoms with van der Waals surface area (Å²) >= 11 is 1.79. The van der Waals surface area contributed by atoms with E-state index in [0.29, 0.717) is 18.2 Å². The monoisotopic (exact) mass is 504 g/mol. The van der Waals surface area contributed by atoms with Crippen LogP contribution in [0, 0.1) is 12.7 Å². The van der Waals surface area contributed by atoms with E-state index in [1.165, 1.54) is 34.0 Å². The van der Waals surface area contributed by atoms with Gasteiger partial charge in [-0.15, -0.1) is 35.3 Å². The number of nitrogens with one attached hydrogen (secondary N) is 3. The molecule has 0 aliphatic rings. The molecule has 1 aromatic heterocycles. The second kappa shape index (κ2) is 11.9. The van der Waals surface area contributed by atoms with E-state index < -0.39 is 0 Å². The molecule has 3 N–H and O–H groups in total. The fourth-order valence-electron chi connectivity index (χ4n) is 2.39. The first-order valence-corrected chi connectivity index (χ1v) is 9.43. The number of amides is 1. The van der Waals surface area contributed by atoms with Crippen LogP contribution in [-0.2, 0) is 11.2 Å². The molecule has 0 bridgehead atoms. The lowest BCUT2D eigenvalue weighted by atomic mass is 10.2. The molecule has 27 heavy (non-hydrogen) atoms. The van der Waals surface area contributed by atoms with E-state index in [4.69, 9.17) is 0 Å². The van der Waals surface area contributed by atoms with Crippen LogP contribution in [-0.4, -0.2) is 31.0 Å². The standard InChI is InChI=1S/C19H25FN4OS.HI/c1-4-21-19(23-13(2)11-17-10-5-14(3)26-17)22-12-18(25)24-16-8-6-15(20)7-9-16;/h5-10,13H,4,11-12H2,1-3H3,(H,24,25)(H2,21,22,23);1H. The van der Waals surface area contributed by atoms with Crippen molar-refractivity contribution in [3.05, 3.63) is 52.0 Å². The van der Waals surface area contributed by atoms with Crippen molar-refractivity contribution in [3.63, 3.8) is 0 Å². The molecule has 2 rings (SSSR count). The number of halogens is 2. The second-order valence-corrected chi connectivity index (χ2v) is 7.38. The summed E-state index contributed by atoms with van der Waals surface area (Å²) in [4.78, 5) is 19.0. The number of carbonyl (C=O) groups is 1. The van der Waals surface area contributed by atoms with Crippen LogP contribution in [0.15, 0.2) is 41.4 Å². The van der Waals surface area contributed by atoms with Gasteiger partial charge >= 0.3 is 0 Å². The highest BCUT2D eigenvalue weighted by atomic mass is 127. The van der Waals surface area contributed by atoms with Gasteiger partial charge in [0.05, 0.1) is 0 Å². The van der Waals surface area contributed by atoms with E-state index in [2.05, 4.69) is 46.9 Å². The lowest BCUT2D eigenvalue weighted by Crippen LogP contribution is -2.43. The molecule has 1 amide bonds. The number of aliphatic imine (C=N–C) groups is 1. The lowest BCUT2D eigenvalue weighted by Gasteiger charge is -2.17. The Labute approximate surface area is 180 Å². The summed E-state index contributed by atoms with van der Waals surface area (Å²) in [5.41, 5.74) is 0.547. The first-order valence-electron chi connectivity index (χ1n) is 8.62. The molecular formula is C19H26FIN4OS. The van der Waals surface area contributed by atoms with Gasteiger partial charge in [0.15, 0.2) is 5.96 Å². The van der Waals surface area contributed by atoms with Crippen molar-refractivity contribution in [1.29, 1.82) is 0 Å². The molecule has 2 aromatic rings. The summed E-state index contributed by atoms with van der Waals surface area (Å²) in [7, 11) is 0. The summed E-state index contributed by atoms with van der Waals surface area (Å²) in [5.74, 6) is 0.00690. The Hall–Kier alpha value is -1.68. The Morgan fingerprint density at radius 2 is 1.93 bits per heavy atom. The third-order valence-corrected chi connectivity index (χ3v) is 4.56. The Bertz CT molecular complexity index is 748. The Morgan fingerprint density at radius 1 is 1.22 bits per heavy atom. The van der Waals surface area contributed by atoms with Gasteiger partial charge in [-0.2, -0.15) is 0 Å². The van der Waals surface area contributed by atoms with Crippen LogP contribution >= 0.6 is 35.3 Å². The number of nitrogens with zero attached hydrogens (tertiary/aromatic N) is 1. The van der Waals surface area contributed by atoms with Crippen molar-refractivity contribution in [2.45, 2.75) is 33.2 Å². The van der Waals surface area contributed by atoms with Gasteiger partial charge in [0.25, 0.3) is 0 Å². The van der Waals surface area contributed by atoms with Crippen LogP contribution < -0.4 is 16.0 Å². The van der Waals surface area contributed by atoms with E-state index in [-0.39, 0.29) is 48.3 Å². The highest BCUT2D eigenvalue weighted by Gasteiger charge is 2.09. The zero-order chi connectivity index (χ0) is 18.9. The molecule has 0 aliphatic carbocycles. The Morgan fingerprint density at radius 3 is 2.52 bits per heavy atom. The number of thiophene rings is 1. The third kappa shape index (κ3) is 8.70. The summed E-state index contributed by atoms with van der Waals surface area (Å²) < 4.78 is 12.9. The number of hydrogen-bond donors (Lipinski definition) is 3. The SMILES string of the molecule is CCNC(=NCC(=O)Nc1ccc(F)cc1)NC(C)Cc1ccc(C)s1.I. The van der Waals surface area contributed by atoms with E-state index in [0.717, 1.165) is 6.42 Å². The summed E-state index contributed by atoms with van der Waals surface area (Å²) in [6, 6.07) is 10.1. The van der Waals surface area contributed by atoms with E-state index >= 15 is 0 Å². The van der Waals surface area contributed by atoms with Gasteiger partial charge in [0.1, 0.15) is 12.4 Å². The lowest BCUT2D eigenvalue weighted by molar-refractivity contribution is -0.114. The topological polar surface area (TPSA) is 65.5 Å². The van der Waals surface area contributed by atoms with E-state index in [1.807, 2.05) is 6.92 Å². The number of aryl methyl sites for hydroxylation is 1. The minimum Gasteiger partial charge on any atom is -0.357 e. The second-order valence-electron chi connectivity index (χ2n) is 6.01. The van der Waals surface area contributed by atoms with Gasteiger partial charge in [-0.05, 0) is 57.2 Å². The number of carbonyl (C=O) groups excluding carboxylic acids is 1. The predicted octanol–water partition coefficient (Wildman–Crippen LogP) is 3.94. The van der Waals surface area contributed by atoms with Gasteiger partial charge < -0.3 is 16.0 Å². The summed E-state index contributed by atoms with van der Waals surface area (Å²) in [6.07, 6.45) is 0.894. The highest BCUT2D eigenvalue weighted by Crippen LogP contribution is 2.16. The van der Waals surface area contributed by atoms with Crippen LogP contribution in [0.3, 0.4) is 0 Å². The highest BCUT2D eigenvalue weighted by molar-refractivity contribution is 14.0. The van der Waals surface area contributed by atoms with Gasteiger partial charge in [0, 0.05) is 34.4 Å². The third-order valence-electron chi connectivity index (χ3n) is 3.54. The number of benzene rings is 1. The minimum absolute atomic E-state index is 0. The average molecular weight is 504 g/mol. The van der Waals surface area contributed by atoms with Crippen molar-refractivity contribution in [2.75, 3.05) is 18.4 Å². The molecule has 0 radical (unpaired) electrons. The van der Waals surface area contributed by atoms with Gasteiger partial charge in [-0.1, -0.05) is 0 Å². The smallest absolute Gasteiger partial charge is 0.246 e. The Kier molecular flexibility index (Phi) is 10.3. The van der Waals surface area contributed by atoms with Gasteiger partial charge in [0.2, 0.25) is 5.91 Å². The molecule has 0 saturated heterocycles. The quantitative estimate of drug-likeness (QED) is 0.304. The number of rotatable bonds is 7. The van der Waals surface area contributed by atoms with Crippen molar-refractivity contribution < 1.29 is 9.18 Å². The fourth-order valence-corrected chi connectivity index (χ4v) is 3.40. The molecule has 8 heteroatoms. The van der Waals surface area contributed by atoms with Crippen LogP contribution in [0.25, 0.3) is 0 Å².